The van der Waals surface area contributed by atoms with Crippen LogP contribution < -0.4 is 4.74 Å². The first-order valence-electron chi connectivity index (χ1n) is 5.79. The molecule has 17 heavy (non-hydrogen) atoms. The van der Waals surface area contributed by atoms with Gasteiger partial charge < -0.3 is 4.74 Å². The molecule has 0 radical (unpaired) electrons. The predicted molar refractivity (Wildman–Crippen MR) is 69.3 cm³/mol. The van der Waals surface area contributed by atoms with Gasteiger partial charge in [-0.2, -0.15) is 0 Å². The molecule has 0 fully saturated rings. The Bertz CT molecular complexity index is 551. The molecule has 0 atom stereocenters. The Balaban J connectivity index is 2.71. The van der Waals surface area contributed by atoms with E-state index in [-0.39, 0.29) is 5.97 Å². The number of esters is 1. The maximum Gasteiger partial charge on any atom is 0.308 e. The van der Waals surface area contributed by atoms with Crippen LogP contribution in [0.25, 0.3) is 10.8 Å². The molecule has 0 spiro atoms. The second kappa shape index (κ2) is 4.58. The van der Waals surface area contributed by atoms with Crippen molar-refractivity contribution in [2.24, 2.45) is 0 Å². The summed E-state index contributed by atoms with van der Waals surface area (Å²) in [6.45, 7) is 5.70. The van der Waals surface area contributed by atoms with Crippen LogP contribution in [0, 0.1) is 0 Å². The van der Waals surface area contributed by atoms with Crippen LogP contribution in [-0.2, 0) is 4.79 Å². The van der Waals surface area contributed by atoms with Gasteiger partial charge in [-0.05, 0) is 22.9 Å². The minimum atomic E-state index is -0.281. The van der Waals surface area contributed by atoms with E-state index in [2.05, 4.69) is 19.9 Å². The molecule has 0 saturated heterocycles. The van der Waals surface area contributed by atoms with Gasteiger partial charge >= 0.3 is 5.97 Å². The number of fused-ring (bicyclic) bond motifs is 1. The zero-order valence-electron chi connectivity index (χ0n) is 10.4. The van der Waals surface area contributed by atoms with Crippen LogP contribution in [0.15, 0.2) is 36.4 Å². The number of ether oxygens (including phenoxy) is 1. The molecule has 2 heteroatoms. The summed E-state index contributed by atoms with van der Waals surface area (Å²) in [5.74, 6) is 0.769. The quantitative estimate of drug-likeness (QED) is 0.575. The van der Waals surface area contributed by atoms with Gasteiger partial charge in [0.2, 0.25) is 0 Å². The highest BCUT2D eigenvalue weighted by Crippen LogP contribution is 2.32. The lowest BCUT2D eigenvalue weighted by molar-refractivity contribution is -0.131. The van der Waals surface area contributed by atoms with Crippen molar-refractivity contribution in [3.63, 3.8) is 0 Å². The molecule has 2 aromatic rings. The molecule has 0 aromatic heterocycles. The molecular weight excluding hydrogens is 212 g/mol. The van der Waals surface area contributed by atoms with Gasteiger partial charge in [-0.1, -0.05) is 44.2 Å². The van der Waals surface area contributed by atoms with Crippen molar-refractivity contribution in [1.29, 1.82) is 0 Å². The van der Waals surface area contributed by atoms with Crippen molar-refractivity contribution in [3.8, 4) is 5.75 Å². The fourth-order valence-electron chi connectivity index (χ4n) is 2.06. The van der Waals surface area contributed by atoms with E-state index in [1.165, 1.54) is 12.5 Å². The summed E-state index contributed by atoms with van der Waals surface area (Å²) >= 11 is 0. The summed E-state index contributed by atoms with van der Waals surface area (Å²) in [4.78, 5) is 11.1. The standard InChI is InChI=1S/C15H16O2/c1-10(2)13-8-4-6-12-7-5-9-14(15(12)13)17-11(3)16/h4-10H,1-3H3. The van der Waals surface area contributed by atoms with Crippen LogP contribution in [0.4, 0.5) is 0 Å². The van der Waals surface area contributed by atoms with Gasteiger partial charge in [0.1, 0.15) is 5.75 Å². The molecule has 0 unspecified atom stereocenters. The molecule has 0 N–H and O–H groups in total. The minimum Gasteiger partial charge on any atom is -0.426 e. The van der Waals surface area contributed by atoms with Gasteiger partial charge in [0.25, 0.3) is 0 Å². The Morgan fingerprint density at radius 3 is 2.35 bits per heavy atom. The summed E-state index contributed by atoms with van der Waals surface area (Å²) in [6.07, 6.45) is 0. The van der Waals surface area contributed by atoms with E-state index in [4.69, 9.17) is 4.74 Å². The van der Waals surface area contributed by atoms with Gasteiger partial charge in [0.05, 0.1) is 0 Å². The third kappa shape index (κ3) is 2.31. The van der Waals surface area contributed by atoms with Crippen LogP contribution in [0.2, 0.25) is 0 Å². The first-order valence-corrected chi connectivity index (χ1v) is 5.79. The van der Waals surface area contributed by atoms with E-state index >= 15 is 0 Å². The number of hydrogen-bond donors (Lipinski definition) is 0. The van der Waals surface area contributed by atoms with Crippen LogP contribution in [0.3, 0.4) is 0 Å². The van der Waals surface area contributed by atoms with Crippen molar-refractivity contribution >= 4 is 16.7 Å². The second-order valence-electron chi connectivity index (χ2n) is 4.45. The Labute approximate surface area is 101 Å². The average molecular weight is 228 g/mol. The van der Waals surface area contributed by atoms with Crippen LogP contribution in [0.5, 0.6) is 5.75 Å². The Morgan fingerprint density at radius 1 is 1.12 bits per heavy atom. The Kier molecular flexibility index (Phi) is 3.14. The predicted octanol–water partition coefficient (Wildman–Crippen LogP) is 3.89. The Morgan fingerprint density at radius 2 is 1.76 bits per heavy atom. The third-order valence-corrected chi connectivity index (χ3v) is 2.77. The Hall–Kier alpha value is -1.83. The molecule has 2 rings (SSSR count). The summed E-state index contributed by atoms with van der Waals surface area (Å²) in [5.41, 5.74) is 1.21. The van der Waals surface area contributed by atoms with Crippen molar-refractivity contribution in [3.05, 3.63) is 42.0 Å². The number of carbonyl (C=O) groups is 1. The molecule has 0 aliphatic rings. The zero-order chi connectivity index (χ0) is 12.4. The SMILES string of the molecule is CC(=O)Oc1cccc2cccc(C(C)C)c12. The second-order valence-corrected chi connectivity index (χ2v) is 4.45. The molecule has 2 nitrogen and oxygen atoms in total. The smallest absolute Gasteiger partial charge is 0.308 e. The van der Waals surface area contributed by atoms with Crippen LogP contribution >= 0.6 is 0 Å². The van der Waals surface area contributed by atoms with Gasteiger partial charge in [-0.25, -0.2) is 0 Å². The highest BCUT2D eigenvalue weighted by Gasteiger charge is 2.11. The lowest BCUT2D eigenvalue weighted by Gasteiger charge is -2.13. The maximum atomic E-state index is 11.1. The topological polar surface area (TPSA) is 26.3 Å². The summed E-state index contributed by atoms with van der Waals surface area (Å²) in [7, 11) is 0. The molecule has 0 aliphatic heterocycles. The summed E-state index contributed by atoms with van der Waals surface area (Å²) in [6, 6.07) is 11.9. The van der Waals surface area contributed by atoms with Crippen molar-refractivity contribution < 1.29 is 9.53 Å². The monoisotopic (exact) mass is 228 g/mol. The van der Waals surface area contributed by atoms with Crippen LogP contribution in [0.1, 0.15) is 32.3 Å². The molecule has 0 aliphatic carbocycles. The number of hydrogen-bond acceptors (Lipinski definition) is 2. The largest absolute Gasteiger partial charge is 0.426 e. The van der Waals surface area contributed by atoms with E-state index < -0.39 is 0 Å². The molecule has 0 saturated carbocycles. The van der Waals surface area contributed by atoms with E-state index in [1.807, 2.05) is 30.3 Å². The lowest BCUT2D eigenvalue weighted by Crippen LogP contribution is -2.03. The number of rotatable bonds is 2. The first kappa shape index (κ1) is 11.6. The fourth-order valence-corrected chi connectivity index (χ4v) is 2.06. The summed E-state index contributed by atoms with van der Waals surface area (Å²) in [5, 5.41) is 2.15. The molecule has 0 bridgehead atoms. The average Bonchev–Trinajstić information content (AvgIpc) is 2.27. The van der Waals surface area contributed by atoms with E-state index in [9.17, 15) is 4.79 Å². The molecule has 0 amide bonds. The van der Waals surface area contributed by atoms with E-state index in [1.54, 1.807) is 0 Å². The third-order valence-electron chi connectivity index (χ3n) is 2.77. The maximum absolute atomic E-state index is 11.1. The van der Waals surface area contributed by atoms with E-state index in [0.29, 0.717) is 11.7 Å². The van der Waals surface area contributed by atoms with Gasteiger partial charge in [-0.15, -0.1) is 0 Å². The highest BCUT2D eigenvalue weighted by atomic mass is 16.5. The van der Waals surface area contributed by atoms with Crippen molar-refractivity contribution in [2.45, 2.75) is 26.7 Å². The molecule has 2 aromatic carbocycles. The summed E-state index contributed by atoms with van der Waals surface area (Å²) < 4.78 is 5.28. The van der Waals surface area contributed by atoms with Crippen molar-refractivity contribution in [2.75, 3.05) is 0 Å². The molecule has 88 valence electrons. The highest BCUT2D eigenvalue weighted by molar-refractivity contribution is 5.93. The van der Waals surface area contributed by atoms with Crippen molar-refractivity contribution in [1.82, 2.24) is 0 Å². The fraction of sp³-hybridized carbons (Fsp3) is 0.267. The number of benzene rings is 2. The lowest BCUT2D eigenvalue weighted by atomic mass is 9.95. The van der Waals surface area contributed by atoms with E-state index in [0.717, 1.165) is 10.8 Å². The zero-order valence-corrected chi connectivity index (χ0v) is 10.4. The minimum absolute atomic E-state index is 0.281. The molecular formula is C15H16O2. The van der Waals surface area contributed by atoms with Gasteiger partial charge in [0, 0.05) is 12.3 Å². The molecule has 0 heterocycles. The van der Waals surface area contributed by atoms with Gasteiger partial charge in [0.15, 0.2) is 0 Å². The number of carbonyl (C=O) groups excluding carboxylic acids is 1. The normalized spacial score (nSPS) is 10.8. The first-order chi connectivity index (χ1) is 8.09. The van der Waals surface area contributed by atoms with Gasteiger partial charge in [-0.3, -0.25) is 4.79 Å². The van der Waals surface area contributed by atoms with Crippen LogP contribution in [-0.4, -0.2) is 5.97 Å².